The lowest BCUT2D eigenvalue weighted by atomic mass is 9.96. The molecule has 1 heteroatoms. The van der Waals surface area contributed by atoms with Crippen molar-refractivity contribution in [2.45, 2.75) is 26.2 Å². The van der Waals surface area contributed by atoms with Gasteiger partial charge in [0.05, 0.1) is 0 Å². The van der Waals surface area contributed by atoms with Gasteiger partial charge < -0.3 is 5.32 Å². The van der Waals surface area contributed by atoms with Crippen LogP contribution in [0.2, 0.25) is 0 Å². The van der Waals surface area contributed by atoms with E-state index in [4.69, 9.17) is 0 Å². The smallest absolute Gasteiger partial charge is 0.00171 e. The van der Waals surface area contributed by atoms with Gasteiger partial charge in [0.25, 0.3) is 0 Å². The predicted molar refractivity (Wildman–Crippen MR) is 65.0 cm³/mol. The Balaban J connectivity index is 0.000000853. The van der Waals surface area contributed by atoms with Gasteiger partial charge in [0, 0.05) is 0 Å². The number of fused-ring (bicyclic) bond motifs is 1. The molecule has 1 aromatic rings. The Morgan fingerprint density at radius 2 is 1.53 bits per heavy atom. The summed E-state index contributed by atoms with van der Waals surface area (Å²) in [7, 11) is 0. The Labute approximate surface area is 92.9 Å². The van der Waals surface area contributed by atoms with E-state index in [1.165, 1.54) is 25.9 Å². The molecule has 0 amide bonds. The highest BCUT2D eigenvalue weighted by atomic mass is 14.9. The summed E-state index contributed by atoms with van der Waals surface area (Å²) in [5, 5.41) is 3.50. The van der Waals surface area contributed by atoms with Crippen LogP contribution in [0.4, 0.5) is 0 Å². The van der Waals surface area contributed by atoms with Crippen molar-refractivity contribution in [2.75, 3.05) is 13.1 Å². The standard InChI is InChI=1S/C13H17N.CH4/c1-2-4-10(5-3-1)11-6-12-8-14-9-13(12)7-11;/h1-5,11-14H,6-9H2;1H4. The molecule has 3 rings (SSSR count). The summed E-state index contributed by atoms with van der Waals surface area (Å²) in [4.78, 5) is 0. The van der Waals surface area contributed by atoms with Gasteiger partial charge in [0.15, 0.2) is 0 Å². The molecule has 1 heterocycles. The van der Waals surface area contributed by atoms with Gasteiger partial charge >= 0.3 is 0 Å². The molecule has 2 aliphatic rings. The minimum Gasteiger partial charge on any atom is -0.316 e. The molecule has 0 bridgehead atoms. The Hall–Kier alpha value is -0.820. The predicted octanol–water partition coefficient (Wildman–Crippen LogP) is 3.04. The van der Waals surface area contributed by atoms with E-state index in [1.54, 1.807) is 5.56 Å². The summed E-state index contributed by atoms with van der Waals surface area (Å²) >= 11 is 0. The average molecular weight is 203 g/mol. The van der Waals surface area contributed by atoms with Crippen LogP contribution in [0.15, 0.2) is 30.3 Å². The molecule has 1 saturated carbocycles. The van der Waals surface area contributed by atoms with Crippen LogP contribution >= 0.6 is 0 Å². The van der Waals surface area contributed by atoms with Gasteiger partial charge in [-0.05, 0) is 49.2 Å². The fraction of sp³-hybridized carbons (Fsp3) is 0.571. The van der Waals surface area contributed by atoms with Crippen molar-refractivity contribution >= 4 is 0 Å². The van der Waals surface area contributed by atoms with Crippen molar-refractivity contribution in [3.63, 3.8) is 0 Å². The molecular formula is C14H21N. The summed E-state index contributed by atoms with van der Waals surface area (Å²) in [5.41, 5.74) is 1.56. The molecule has 1 saturated heterocycles. The Bertz CT molecular complexity index is 294. The van der Waals surface area contributed by atoms with E-state index in [2.05, 4.69) is 35.6 Å². The molecule has 0 aromatic heterocycles. The summed E-state index contributed by atoms with van der Waals surface area (Å²) in [6.45, 7) is 2.52. The lowest BCUT2D eigenvalue weighted by Crippen LogP contribution is -2.11. The van der Waals surface area contributed by atoms with Crippen molar-refractivity contribution in [1.29, 1.82) is 0 Å². The molecule has 82 valence electrons. The largest absolute Gasteiger partial charge is 0.316 e. The third-order valence-electron chi connectivity index (χ3n) is 3.93. The maximum atomic E-state index is 3.50. The topological polar surface area (TPSA) is 12.0 Å². The summed E-state index contributed by atoms with van der Waals surface area (Å²) in [6, 6.07) is 11.0. The molecule has 1 N–H and O–H groups in total. The van der Waals surface area contributed by atoms with Crippen LogP contribution in [0.5, 0.6) is 0 Å². The number of nitrogens with one attached hydrogen (secondary N) is 1. The molecule has 2 atom stereocenters. The van der Waals surface area contributed by atoms with Gasteiger partial charge in [-0.2, -0.15) is 0 Å². The van der Waals surface area contributed by atoms with Gasteiger partial charge in [-0.25, -0.2) is 0 Å². The van der Waals surface area contributed by atoms with E-state index in [9.17, 15) is 0 Å². The van der Waals surface area contributed by atoms with Crippen molar-refractivity contribution in [3.8, 4) is 0 Å². The first kappa shape index (κ1) is 10.7. The summed E-state index contributed by atoms with van der Waals surface area (Å²) in [6.07, 6.45) is 2.81. The lowest BCUT2D eigenvalue weighted by molar-refractivity contribution is 0.494. The van der Waals surface area contributed by atoms with E-state index >= 15 is 0 Å². The number of rotatable bonds is 1. The van der Waals surface area contributed by atoms with Crippen LogP contribution in [0, 0.1) is 11.8 Å². The third-order valence-corrected chi connectivity index (χ3v) is 3.93. The van der Waals surface area contributed by atoms with E-state index in [1.807, 2.05) is 0 Å². The van der Waals surface area contributed by atoms with Crippen LogP contribution in [0.25, 0.3) is 0 Å². The Kier molecular flexibility index (Phi) is 3.11. The number of benzene rings is 1. The average Bonchev–Trinajstić information content (AvgIpc) is 2.78. The maximum absolute atomic E-state index is 3.50. The third kappa shape index (κ3) is 1.93. The number of hydrogen-bond donors (Lipinski definition) is 1. The van der Waals surface area contributed by atoms with E-state index < -0.39 is 0 Å². The van der Waals surface area contributed by atoms with Crippen LogP contribution < -0.4 is 5.32 Å². The van der Waals surface area contributed by atoms with Crippen LogP contribution in [0.3, 0.4) is 0 Å². The minimum atomic E-state index is 0. The highest BCUT2D eigenvalue weighted by Crippen LogP contribution is 2.43. The quantitative estimate of drug-likeness (QED) is 0.739. The number of hydrogen-bond acceptors (Lipinski definition) is 1. The second-order valence-corrected chi connectivity index (χ2v) is 4.76. The highest BCUT2D eigenvalue weighted by Gasteiger charge is 2.37. The Morgan fingerprint density at radius 3 is 2.13 bits per heavy atom. The second-order valence-electron chi connectivity index (χ2n) is 4.76. The maximum Gasteiger partial charge on any atom is -0.00171 e. The SMILES string of the molecule is C.c1ccc(C2CC3CNCC3C2)cc1. The molecule has 2 fully saturated rings. The van der Waals surface area contributed by atoms with E-state index in [-0.39, 0.29) is 7.43 Å². The molecule has 1 aromatic carbocycles. The first-order valence-corrected chi connectivity index (χ1v) is 5.69. The zero-order valence-corrected chi connectivity index (χ0v) is 8.45. The molecular weight excluding hydrogens is 182 g/mol. The second kappa shape index (κ2) is 4.36. The van der Waals surface area contributed by atoms with Crippen LogP contribution in [-0.4, -0.2) is 13.1 Å². The van der Waals surface area contributed by atoms with Crippen molar-refractivity contribution in [2.24, 2.45) is 11.8 Å². The zero-order chi connectivity index (χ0) is 9.38. The van der Waals surface area contributed by atoms with Crippen LogP contribution in [0.1, 0.15) is 31.7 Å². The monoisotopic (exact) mass is 203 g/mol. The summed E-state index contributed by atoms with van der Waals surface area (Å²) in [5.74, 6) is 2.76. The van der Waals surface area contributed by atoms with Crippen LogP contribution in [-0.2, 0) is 0 Å². The van der Waals surface area contributed by atoms with Crippen molar-refractivity contribution in [1.82, 2.24) is 5.32 Å². The lowest BCUT2D eigenvalue weighted by Gasteiger charge is -2.11. The van der Waals surface area contributed by atoms with Gasteiger partial charge in [-0.15, -0.1) is 0 Å². The molecule has 1 aliphatic carbocycles. The van der Waals surface area contributed by atoms with Gasteiger partial charge in [-0.3, -0.25) is 0 Å². The van der Waals surface area contributed by atoms with E-state index in [0.29, 0.717) is 0 Å². The fourth-order valence-electron chi connectivity index (χ4n) is 3.16. The first-order chi connectivity index (χ1) is 6.93. The molecule has 2 unspecified atom stereocenters. The van der Waals surface area contributed by atoms with Gasteiger partial charge in [-0.1, -0.05) is 37.8 Å². The van der Waals surface area contributed by atoms with Gasteiger partial charge in [0.1, 0.15) is 0 Å². The van der Waals surface area contributed by atoms with Crippen molar-refractivity contribution in [3.05, 3.63) is 35.9 Å². The fourth-order valence-corrected chi connectivity index (χ4v) is 3.16. The molecule has 1 nitrogen and oxygen atoms in total. The van der Waals surface area contributed by atoms with E-state index in [0.717, 1.165) is 17.8 Å². The highest BCUT2D eigenvalue weighted by molar-refractivity contribution is 5.21. The Morgan fingerprint density at radius 1 is 0.933 bits per heavy atom. The molecule has 1 aliphatic heterocycles. The normalized spacial score (nSPS) is 33.5. The first-order valence-electron chi connectivity index (χ1n) is 5.69. The zero-order valence-electron chi connectivity index (χ0n) is 8.45. The molecule has 0 radical (unpaired) electrons. The molecule has 0 spiro atoms. The van der Waals surface area contributed by atoms with Crippen molar-refractivity contribution < 1.29 is 0 Å². The molecule has 15 heavy (non-hydrogen) atoms. The minimum absolute atomic E-state index is 0. The van der Waals surface area contributed by atoms with Gasteiger partial charge in [0.2, 0.25) is 0 Å². The summed E-state index contributed by atoms with van der Waals surface area (Å²) < 4.78 is 0.